The number of fused-ring (bicyclic) bond motifs is 1. The lowest BCUT2D eigenvalue weighted by molar-refractivity contribution is 0.0678. The van der Waals surface area contributed by atoms with Gasteiger partial charge in [-0.2, -0.15) is 8.78 Å². The molecule has 0 saturated carbocycles. The minimum absolute atomic E-state index is 0.313. The fourth-order valence-electron chi connectivity index (χ4n) is 1.93. The normalized spacial score (nSPS) is 11.4. The Morgan fingerprint density at radius 1 is 1.43 bits per heavy atom. The molecule has 3 aromatic rings. The monoisotopic (exact) mass is 310 g/mol. The lowest BCUT2D eigenvalue weighted by Crippen LogP contribution is -2.02. The fourth-order valence-corrected chi connectivity index (χ4v) is 2.76. The van der Waals surface area contributed by atoms with Crippen molar-refractivity contribution in [2.45, 2.75) is 17.5 Å². The van der Waals surface area contributed by atoms with Gasteiger partial charge in [0.1, 0.15) is 11.6 Å². The van der Waals surface area contributed by atoms with Crippen LogP contribution in [-0.4, -0.2) is 26.6 Å². The molecule has 2 aromatic heterocycles. The van der Waals surface area contributed by atoms with Crippen LogP contribution >= 0.6 is 11.8 Å². The molecule has 8 heteroatoms. The van der Waals surface area contributed by atoms with Crippen molar-refractivity contribution in [3.63, 3.8) is 0 Å². The third-order valence-electron chi connectivity index (χ3n) is 2.96. The molecule has 2 heterocycles. The molecule has 110 valence electrons. The van der Waals surface area contributed by atoms with E-state index in [4.69, 9.17) is 4.74 Å². The van der Waals surface area contributed by atoms with Gasteiger partial charge >= 0.3 is 6.55 Å². The lowest BCUT2D eigenvalue weighted by atomic mass is 10.3. The molecular formula is C13H12F2N4OS. The molecule has 5 nitrogen and oxygen atoms in total. The number of methoxy groups -OCH3 is 1. The van der Waals surface area contributed by atoms with E-state index in [9.17, 15) is 8.78 Å². The molecule has 0 saturated heterocycles. The van der Waals surface area contributed by atoms with Crippen LogP contribution in [0.3, 0.4) is 0 Å². The molecular weight excluding hydrogens is 298 g/mol. The van der Waals surface area contributed by atoms with Gasteiger partial charge in [-0.25, -0.2) is 9.97 Å². The Balaban J connectivity index is 1.77. The number of nitrogens with zero attached hydrogens (tertiary/aromatic N) is 3. The number of H-pyrrole nitrogens is 1. The number of halogens is 2. The fraction of sp³-hybridized carbons (Fsp3) is 0.231. The molecule has 0 unspecified atom stereocenters. The number of alkyl halides is 2. The first kappa shape index (κ1) is 13.9. The van der Waals surface area contributed by atoms with Crippen molar-refractivity contribution in [2.75, 3.05) is 7.11 Å². The molecule has 0 atom stereocenters. The number of hydrogen-bond donors (Lipinski definition) is 1. The highest BCUT2D eigenvalue weighted by atomic mass is 32.2. The van der Waals surface area contributed by atoms with Crippen LogP contribution in [0, 0.1) is 0 Å². The predicted molar refractivity (Wildman–Crippen MR) is 75.7 cm³/mol. The van der Waals surface area contributed by atoms with Crippen LogP contribution in [0.5, 0.6) is 5.75 Å². The summed E-state index contributed by atoms with van der Waals surface area (Å²) < 4.78 is 31.4. The Labute approximate surface area is 123 Å². The van der Waals surface area contributed by atoms with Gasteiger partial charge < -0.3 is 9.72 Å². The summed E-state index contributed by atoms with van der Waals surface area (Å²) in [5.74, 6) is 1.36. The number of rotatable bonds is 5. The zero-order valence-electron chi connectivity index (χ0n) is 11.1. The molecule has 0 aliphatic heterocycles. The topological polar surface area (TPSA) is 55.7 Å². The van der Waals surface area contributed by atoms with Gasteiger partial charge in [-0.3, -0.25) is 4.57 Å². The number of aromatic nitrogens is 4. The van der Waals surface area contributed by atoms with E-state index in [1.165, 1.54) is 24.2 Å². The predicted octanol–water partition coefficient (Wildman–Crippen LogP) is 3.46. The summed E-state index contributed by atoms with van der Waals surface area (Å²) in [4.78, 5) is 11.5. The van der Waals surface area contributed by atoms with E-state index in [1.54, 1.807) is 7.11 Å². The summed E-state index contributed by atoms with van der Waals surface area (Å²) in [6.07, 6.45) is 2.63. The highest BCUT2D eigenvalue weighted by molar-refractivity contribution is 7.98. The summed E-state index contributed by atoms with van der Waals surface area (Å²) in [6.45, 7) is -2.58. The summed E-state index contributed by atoms with van der Waals surface area (Å²) in [6, 6.07) is 5.50. The first-order valence-corrected chi connectivity index (χ1v) is 7.12. The van der Waals surface area contributed by atoms with Crippen molar-refractivity contribution >= 4 is 22.8 Å². The number of hydrogen-bond acceptors (Lipinski definition) is 4. The maximum atomic E-state index is 12.7. The highest BCUT2D eigenvalue weighted by Gasteiger charge is 2.12. The number of thioether (sulfide) groups is 1. The second-order valence-electron chi connectivity index (χ2n) is 4.24. The molecule has 3 rings (SSSR count). The van der Waals surface area contributed by atoms with E-state index < -0.39 is 6.55 Å². The van der Waals surface area contributed by atoms with Crippen molar-refractivity contribution in [2.24, 2.45) is 0 Å². The van der Waals surface area contributed by atoms with Crippen molar-refractivity contribution in [1.29, 1.82) is 0 Å². The van der Waals surface area contributed by atoms with E-state index in [0.717, 1.165) is 21.4 Å². The SMILES string of the molecule is COc1ccc2nc(SCc3nccn3C(F)F)[nH]c2c1. The molecule has 0 radical (unpaired) electrons. The Morgan fingerprint density at radius 3 is 3.05 bits per heavy atom. The zero-order valence-corrected chi connectivity index (χ0v) is 11.9. The van der Waals surface area contributed by atoms with Crippen LogP contribution in [0.1, 0.15) is 12.4 Å². The molecule has 1 N–H and O–H groups in total. The summed E-state index contributed by atoms with van der Waals surface area (Å²) >= 11 is 1.32. The van der Waals surface area contributed by atoms with Crippen LogP contribution < -0.4 is 4.74 Å². The summed E-state index contributed by atoms with van der Waals surface area (Å²) in [7, 11) is 1.59. The van der Waals surface area contributed by atoms with Gasteiger partial charge in [0.15, 0.2) is 5.16 Å². The van der Waals surface area contributed by atoms with Crippen LogP contribution in [0.25, 0.3) is 11.0 Å². The standard InChI is InChI=1S/C13H12F2N4OS/c1-20-8-2-3-9-10(6-8)18-13(17-9)21-7-11-16-4-5-19(11)12(14)15/h2-6,12H,7H2,1H3,(H,17,18). The Bertz CT molecular complexity index is 756. The van der Waals surface area contributed by atoms with Crippen LogP contribution in [0.2, 0.25) is 0 Å². The van der Waals surface area contributed by atoms with E-state index in [-0.39, 0.29) is 0 Å². The number of ether oxygens (including phenoxy) is 1. The van der Waals surface area contributed by atoms with Crippen molar-refractivity contribution < 1.29 is 13.5 Å². The Morgan fingerprint density at radius 2 is 2.29 bits per heavy atom. The van der Waals surface area contributed by atoms with Crippen molar-refractivity contribution in [1.82, 2.24) is 19.5 Å². The van der Waals surface area contributed by atoms with Crippen molar-refractivity contribution in [3.05, 3.63) is 36.4 Å². The number of imidazole rings is 2. The Kier molecular flexibility index (Phi) is 3.78. The first-order valence-electron chi connectivity index (χ1n) is 6.14. The molecule has 1 aromatic carbocycles. The molecule has 0 spiro atoms. The number of benzene rings is 1. The zero-order chi connectivity index (χ0) is 14.8. The van der Waals surface area contributed by atoms with Gasteiger partial charge in [0.2, 0.25) is 0 Å². The summed E-state index contributed by atoms with van der Waals surface area (Å²) in [5, 5.41) is 0.655. The van der Waals surface area contributed by atoms with Crippen molar-refractivity contribution in [3.8, 4) is 5.75 Å². The van der Waals surface area contributed by atoms with Crippen LogP contribution in [-0.2, 0) is 5.75 Å². The summed E-state index contributed by atoms with van der Waals surface area (Å²) in [5.41, 5.74) is 1.64. The minimum Gasteiger partial charge on any atom is -0.497 e. The van der Waals surface area contributed by atoms with E-state index >= 15 is 0 Å². The molecule has 0 amide bonds. The van der Waals surface area contributed by atoms with E-state index in [1.807, 2.05) is 18.2 Å². The second-order valence-corrected chi connectivity index (χ2v) is 5.21. The van der Waals surface area contributed by atoms with Gasteiger partial charge in [0, 0.05) is 18.5 Å². The molecule has 0 aliphatic rings. The highest BCUT2D eigenvalue weighted by Crippen LogP contribution is 2.26. The lowest BCUT2D eigenvalue weighted by Gasteiger charge is -2.04. The minimum atomic E-state index is -2.58. The molecule has 0 bridgehead atoms. The van der Waals surface area contributed by atoms with Gasteiger partial charge in [-0.05, 0) is 12.1 Å². The smallest absolute Gasteiger partial charge is 0.319 e. The third kappa shape index (κ3) is 2.85. The second kappa shape index (κ2) is 5.72. The first-order chi connectivity index (χ1) is 10.2. The average Bonchev–Trinajstić information content (AvgIpc) is 3.10. The Hall–Kier alpha value is -2.09. The quantitative estimate of drug-likeness (QED) is 0.733. The molecule has 0 fully saturated rings. The van der Waals surface area contributed by atoms with Gasteiger partial charge in [-0.1, -0.05) is 11.8 Å². The number of nitrogens with one attached hydrogen (secondary N) is 1. The van der Waals surface area contributed by atoms with Crippen LogP contribution in [0.15, 0.2) is 35.7 Å². The largest absolute Gasteiger partial charge is 0.497 e. The van der Waals surface area contributed by atoms with Gasteiger partial charge in [0.25, 0.3) is 0 Å². The van der Waals surface area contributed by atoms with E-state index in [2.05, 4.69) is 15.0 Å². The van der Waals surface area contributed by atoms with Gasteiger partial charge in [-0.15, -0.1) is 0 Å². The van der Waals surface area contributed by atoms with Crippen LogP contribution in [0.4, 0.5) is 8.78 Å². The average molecular weight is 310 g/mol. The maximum absolute atomic E-state index is 12.7. The van der Waals surface area contributed by atoms with E-state index in [0.29, 0.717) is 16.7 Å². The molecule has 21 heavy (non-hydrogen) atoms. The van der Waals surface area contributed by atoms with Gasteiger partial charge in [0.05, 0.1) is 23.9 Å². The third-order valence-corrected chi connectivity index (χ3v) is 3.83. The maximum Gasteiger partial charge on any atom is 0.319 e. The molecule has 0 aliphatic carbocycles. The number of aromatic amines is 1.